The van der Waals surface area contributed by atoms with Gasteiger partial charge >= 0.3 is 0 Å². The molecular formula is C19H19N5O3. The van der Waals surface area contributed by atoms with E-state index in [9.17, 15) is 14.4 Å². The Bertz CT molecular complexity index is 1090. The number of carbonyl (C=O) groups is 2. The Labute approximate surface area is 154 Å². The van der Waals surface area contributed by atoms with Gasteiger partial charge in [-0.05, 0) is 36.6 Å². The van der Waals surface area contributed by atoms with Crippen molar-refractivity contribution >= 4 is 22.8 Å². The molecule has 0 radical (unpaired) electrons. The molecule has 3 N–H and O–H groups in total. The van der Waals surface area contributed by atoms with Gasteiger partial charge in [0.05, 0.1) is 29.5 Å². The van der Waals surface area contributed by atoms with Gasteiger partial charge in [0.25, 0.3) is 17.4 Å². The Hall–Kier alpha value is -3.42. The van der Waals surface area contributed by atoms with Crippen LogP contribution in [0.15, 0.2) is 41.6 Å². The second-order valence-electron chi connectivity index (χ2n) is 6.66. The molecule has 0 spiro atoms. The molecule has 0 unspecified atom stereocenters. The zero-order valence-electron chi connectivity index (χ0n) is 14.8. The number of H-pyrrole nitrogens is 1. The van der Waals surface area contributed by atoms with Crippen molar-refractivity contribution in [2.75, 3.05) is 7.05 Å². The average molecular weight is 365 g/mol. The van der Waals surface area contributed by atoms with E-state index in [-0.39, 0.29) is 24.1 Å². The average Bonchev–Trinajstić information content (AvgIpc) is 3.36. The van der Waals surface area contributed by atoms with Gasteiger partial charge in [-0.25, -0.2) is 4.98 Å². The zero-order valence-corrected chi connectivity index (χ0v) is 14.8. The van der Waals surface area contributed by atoms with Gasteiger partial charge in [-0.2, -0.15) is 0 Å². The van der Waals surface area contributed by atoms with E-state index in [1.165, 1.54) is 23.9 Å². The fourth-order valence-corrected chi connectivity index (χ4v) is 2.95. The highest BCUT2D eigenvalue weighted by Crippen LogP contribution is 2.19. The van der Waals surface area contributed by atoms with E-state index >= 15 is 0 Å². The highest BCUT2D eigenvalue weighted by molar-refractivity contribution is 5.99. The van der Waals surface area contributed by atoms with Gasteiger partial charge in [0.1, 0.15) is 5.56 Å². The lowest BCUT2D eigenvalue weighted by molar-refractivity contribution is 0.0950. The lowest BCUT2D eigenvalue weighted by Crippen LogP contribution is -2.34. The number of fused-ring (bicyclic) bond motifs is 1. The summed E-state index contributed by atoms with van der Waals surface area (Å²) in [5.41, 5.74) is 2.34. The molecule has 1 saturated carbocycles. The van der Waals surface area contributed by atoms with Crippen LogP contribution in [0.4, 0.5) is 0 Å². The molecule has 1 fully saturated rings. The van der Waals surface area contributed by atoms with E-state index in [4.69, 9.17) is 0 Å². The molecule has 1 aromatic carbocycles. The molecule has 0 atom stereocenters. The fourth-order valence-electron chi connectivity index (χ4n) is 2.95. The van der Waals surface area contributed by atoms with Gasteiger partial charge in [-0.3, -0.25) is 14.4 Å². The van der Waals surface area contributed by atoms with Crippen LogP contribution in [0, 0.1) is 0 Å². The molecule has 27 heavy (non-hydrogen) atoms. The van der Waals surface area contributed by atoms with Crippen LogP contribution in [0.5, 0.6) is 0 Å². The largest absolute Gasteiger partial charge is 0.355 e. The Morgan fingerprint density at radius 1 is 1.26 bits per heavy atom. The van der Waals surface area contributed by atoms with Crippen molar-refractivity contribution in [2.45, 2.75) is 25.4 Å². The minimum Gasteiger partial charge on any atom is -0.355 e. The van der Waals surface area contributed by atoms with Crippen molar-refractivity contribution in [3.05, 3.63) is 63.8 Å². The fraction of sp³-hybridized carbons (Fsp3) is 0.263. The molecule has 8 heteroatoms. The number of hydrogen-bond donors (Lipinski definition) is 3. The topological polar surface area (TPSA) is 109 Å². The summed E-state index contributed by atoms with van der Waals surface area (Å²) in [7, 11) is 1.45. The van der Waals surface area contributed by atoms with Crippen LogP contribution in [-0.4, -0.2) is 39.4 Å². The van der Waals surface area contributed by atoms with E-state index in [2.05, 4.69) is 20.6 Å². The smallest absolute Gasteiger partial charge is 0.263 e. The quantitative estimate of drug-likeness (QED) is 0.627. The number of nitrogens with zero attached hydrogens (tertiary/aromatic N) is 2. The minimum atomic E-state index is -0.515. The first-order valence-electron chi connectivity index (χ1n) is 8.74. The molecule has 0 saturated heterocycles. The maximum Gasteiger partial charge on any atom is 0.263 e. The SMILES string of the molecule is CNC(=O)c1cc(C(=O)NC2CC2)cn(Cc2ccc3nc[nH]c3c2)c1=O. The third kappa shape index (κ3) is 3.46. The van der Waals surface area contributed by atoms with Crippen molar-refractivity contribution in [1.82, 2.24) is 25.2 Å². The summed E-state index contributed by atoms with van der Waals surface area (Å²) in [4.78, 5) is 44.5. The molecule has 2 amide bonds. The van der Waals surface area contributed by atoms with E-state index in [0.29, 0.717) is 5.56 Å². The van der Waals surface area contributed by atoms with Crippen molar-refractivity contribution in [2.24, 2.45) is 0 Å². The molecule has 1 aliphatic carbocycles. The molecule has 2 heterocycles. The number of nitrogens with one attached hydrogen (secondary N) is 3. The lowest BCUT2D eigenvalue weighted by Gasteiger charge is -2.12. The van der Waals surface area contributed by atoms with Gasteiger partial charge in [0, 0.05) is 19.3 Å². The molecule has 0 aliphatic heterocycles. The van der Waals surface area contributed by atoms with Crippen LogP contribution in [0.1, 0.15) is 39.1 Å². The standard InChI is InChI=1S/C19H19N5O3/c1-20-18(26)14-7-12(17(25)23-13-3-4-13)9-24(19(14)27)8-11-2-5-15-16(6-11)22-10-21-15/h2,5-7,9-10,13H,3-4,8H2,1H3,(H,20,26)(H,21,22)(H,23,25). The van der Waals surface area contributed by atoms with Gasteiger partial charge in [0.2, 0.25) is 0 Å². The van der Waals surface area contributed by atoms with Crippen molar-refractivity contribution < 1.29 is 9.59 Å². The molecule has 3 aromatic rings. The van der Waals surface area contributed by atoms with Gasteiger partial charge < -0.3 is 20.2 Å². The number of benzene rings is 1. The number of aromatic nitrogens is 3. The summed E-state index contributed by atoms with van der Waals surface area (Å²) in [6.45, 7) is 0.238. The number of amides is 2. The van der Waals surface area contributed by atoms with Crippen LogP contribution in [0.3, 0.4) is 0 Å². The van der Waals surface area contributed by atoms with Crippen LogP contribution < -0.4 is 16.2 Å². The third-order valence-corrected chi connectivity index (χ3v) is 4.57. The lowest BCUT2D eigenvalue weighted by atomic mass is 10.1. The summed E-state index contributed by atoms with van der Waals surface area (Å²) in [6.07, 6.45) is 5.02. The van der Waals surface area contributed by atoms with Crippen LogP contribution in [-0.2, 0) is 6.54 Å². The van der Waals surface area contributed by atoms with Crippen LogP contribution >= 0.6 is 0 Å². The van der Waals surface area contributed by atoms with E-state index in [1.54, 1.807) is 6.33 Å². The number of carbonyl (C=O) groups excluding carboxylic acids is 2. The zero-order chi connectivity index (χ0) is 19.0. The molecule has 4 rings (SSSR count). The van der Waals surface area contributed by atoms with Gasteiger partial charge in [0.15, 0.2) is 0 Å². The van der Waals surface area contributed by atoms with Gasteiger partial charge in [-0.15, -0.1) is 0 Å². The maximum absolute atomic E-state index is 12.7. The molecule has 138 valence electrons. The molecule has 0 bridgehead atoms. The van der Waals surface area contributed by atoms with Gasteiger partial charge in [-0.1, -0.05) is 6.07 Å². The van der Waals surface area contributed by atoms with Crippen LogP contribution in [0.2, 0.25) is 0 Å². The van der Waals surface area contributed by atoms with Crippen molar-refractivity contribution in [1.29, 1.82) is 0 Å². The van der Waals surface area contributed by atoms with Crippen molar-refractivity contribution in [3.8, 4) is 0 Å². The highest BCUT2D eigenvalue weighted by atomic mass is 16.2. The first kappa shape index (κ1) is 17.0. The Morgan fingerprint density at radius 2 is 2.07 bits per heavy atom. The molecule has 1 aliphatic rings. The van der Waals surface area contributed by atoms with E-state index in [1.807, 2.05) is 18.2 Å². The Morgan fingerprint density at radius 3 is 2.81 bits per heavy atom. The third-order valence-electron chi connectivity index (χ3n) is 4.57. The van der Waals surface area contributed by atoms with Crippen LogP contribution in [0.25, 0.3) is 11.0 Å². The second kappa shape index (κ2) is 6.71. The first-order valence-corrected chi connectivity index (χ1v) is 8.74. The monoisotopic (exact) mass is 365 g/mol. The number of aromatic amines is 1. The number of hydrogen-bond acceptors (Lipinski definition) is 4. The number of pyridine rings is 1. The Balaban J connectivity index is 1.73. The summed E-state index contributed by atoms with van der Waals surface area (Å²) >= 11 is 0. The first-order chi connectivity index (χ1) is 13.0. The van der Waals surface area contributed by atoms with E-state index in [0.717, 1.165) is 29.4 Å². The van der Waals surface area contributed by atoms with E-state index < -0.39 is 11.5 Å². The summed E-state index contributed by atoms with van der Waals surface area (Å²) in [5.74, 6) is -0.792. The summed E-state index contributed by atoms with van der Waals surface area (Å²) in [6, 6.07) is 7.16. The maximum atomic E-state index is 12.7. The predicted octanol–water partition coefficient (Wildman–Crippen LogP) is 1.02. The summed E-state index contributed by atoms with van der Waals surface area (Å²) < 4.78 is 1.39. The highest BCUT2D eigenvalue weighted by Gasteiger charge is 2.25. The number of rotatable bonds is 5. The number of imidazole rings is 1. The second-order valence-corrected chi connectivity index (χ2v) is 6.66. The minimum absolute atomic E-state index is 0.0523. The normalized spacial score (nSPS) is 13.5. The van der Waals surface area contributed by atoms with Crippen molar-refractivity contribution in [3.63, 3.8) is 0 Å². The molecule has 2 aromatic heterocycles. The Kier molecular flexibility index (Phi) is 4.23. The predicted molar refractivity (Wildman–Crippen MR) is 99.8 cm³/mol. The molecule has 8 nitrogen and oxygen atoms in total. The molecular weight excluding hydrogens is 346 g/mol. The summed E-state index contributed by atoms with van der Waals surface area (Å²) in [5, 5.41) is 5.34.